The average molecular weight is 355 g/mol. The molecule has 2 aromatic carbocycles. The summed E-state index contributed by atoms with van der Waals surface area (Å²) in [6.45, 7) is 4.76. The van der Waals surface area contributed by atoms with Gasteiger partial charge in [-0.3, -0.25) is 0 Å². The van der Waals surface area contributed by atoms with E-state index in [1.807, 2.05) is 36.4 Å². The molecule has 0 unspecified atom stereocenters. The van der Waals surface area contributed by atoms with Crippen molar-refractivity contribution in [3.05, 3.63) is 48.5 Å². The van der Waals surface area contributed by atoms with Crippen LogP contribution < -0.4 is 25.4 Å². The highest BCUT2D eigenvalue weighted by atomic mass is 16.5. The molecule has 0 saturated heterocycles. The van der Waals surface area contributed by atoms with Crippen LogP contribution in [0.4, 0.5) is 11.4 Å². The van der Waals surface area contributed by atoms with Crippen molar-refractivity contribution in [2.45, 2.75) is 19.3 Å². The lowest BCUT2D eigenvalue weighted by atomic mass is 10.2. The molecule has 2 aromatic rings. The van der Waals surface area contributed by atoms with E-state index in [2.05, 4.69) is 28.1 Å². The first-order valence-electron chi connectivity index (χ1n) is 9.55. The van der Waals surface area contributed by atoms with Crippen molar-refractivity contribution in [1.29, 1.82) is 0 Å². The molecule has 0 spiro atoms. The Morgan fingerprint density at radius 2 is 1.08 bits per heavy atom. The fourth-order valence-corrected chi connectivity index (χ4v) is 2.94. The second-order valence-electron chi connectivity index (χ2n) is 6.35. The smallest absolute Gasteiger partial charge is 0.142 e. The van der Waals surface area contributed by atoms with Gasteiger partial charge in [-0.1, -0.05) is 24.3 Å². The van der Waals surface area contributed by atoms with E-state index in [4.69, 9.17) is 9.47 Å². The highest BCUT2D eigenvalue weighted by Crippen LogP contribution is 2.24. The van der Waals surface area contributed by atoms with Crippen molar-refractivity contribution >= 4 is 11.4 Å². The van der Waals surface area contributed by atoms with E-state index in [0.29, 0.717) is 13.2 Å². The van der Waals surface area contributed by atoms with Crippen molar-refractivity contribution in [2.24, 2.45) is 0 Å². The van der Waals surface area contributed by atoms with Crippen LogP contribution in [-0.4, -0.2) is 39.4 Å². The van der Waals surface area contributed by atoms with E-state index < -0.39 is 0 Å². The van der Waals surface area contributed by atoms with Crippen molar-refractivity contribution < 1.29 is 9.47 Å². The van der Waals surface area contributed by atoms with Gasteiger partial charge in [0.25, 0.3) is 0 Å². The molecule has 5 nitrogen and oxygen atoms in total. The molecule has 0 bridgehead atoms. The Bertz CT molecular complexity index is 552. The van der Waals surface area contributed by atoms with Gasteiger partial charge in [0.1, 0.15) is 24.7 Å². The number of hydrogen-bond acceptors (Lipinski definition) is 5. The summed E-state index contributed by atoms with van der Waals surface area (Å²) in [5.74, 6) is 1.84. The van der Waals surface area contributed by atoms with Gasteiger partial charge in [0.2, 0.25) is 0 Å². The summed E-state index contributed by atoms with van der Waals surface area (Å²) in [7, 11) is 0. The number of hydrogen-bond donors (Lipinski definition) is 3. The molecule has 0 radical (unpaired) electrons. The van der Waals surface area contributed by atoms with Crippen molar-refractivity contribution in [1.82, 2.24) is 5.32 Å². The van der Waals surface area contributed by atoms with Crippen LogP contribution in [0, 0.1) is 0 Å². The highest BCUT2D eigenvalue weighted by molar-refractivity contribution is 5.56. The minimum absolute atomic E-state index is 0.636. The van der Waals surface area contributed by atoms with Gasteiger partial charge in [-0.15, -0.1) is 0 Å². The summed E-state index contributed by atoms with van der Waals surface area (Å²) in [5, 5.41) is 10.4. The second-order valence-corrected chi connectivity index (χ2v) is 6.35. The SMILES string of the molecule is c1ccc2c(c1)NCCCCCNc1ccccc1OCCNCCO2. The number of benzene rings is 2. The summed E-state index contributed by atoms with van der Waals surface area (Å²) in [6.07, 6.45) is 3.45. The van der Waals surface area contributed by atoms with Crippen molar-refractivity contribution in [3.8, 4) is 11.5 Å². The van der Waals surface area contributed by atoms with Crippen LogP contribution in [-0.2, 0) is 0 Å². The number of nitrogens with one attached hydrogen (secondary N) is 3. The second kappa shape index (κ2) is 10.6. The first-order chi connectivity index (χ1) is 12.9. The quantitative estimate of drug-likeness (QED) is 0.672. The van der Waals surface area contributed by atoms with Crippen molar-refractivity contribution in [3.63, 3.8) is 0 Å². The first kappa shape index (κ1) is 18.4. The van der Waals surface area contributed by atoms with Crippen LogP contribution >= 0.6 is 0 Å². The lowest BCUT2D eigenvalue weighted by Crippen LogP contribution is -2.26. The van der Waals surface area contributed by atoms with Gasteiger partial charge in [0, 0.05) is 26.2 Å². The first-order valence-corrected chi connectivity index (χ1v) is 9.55. The van der Waals surface area contributed by atoms with Gasteiger partial charge in [-0.25, -0.2) is 0 Å². The summed E-state index contributed by atoms with van der Waals surface area (Å²) in [6, 6.07) is 16.3. The molecule has 0 fully saturated rings. The number of fused-ring (bicyclic) bond motifs is 2. The lowest BCUT2D eigenvalue weighted by molar-refractivity contribution is 0.290. The molecule has 0 atom stereocenters. The van der Waals surface area contributed by atoms with Gasteiger partial charge < -0.3 is 25.4 Å². The van der Waals surface area contributed by atoms with Crippen LogP contribution in [0.15, 0.2) is 48.5 Å². The predicted octanol–water partition coefficient (Wildman–Crippen LogP) is 3.74. The van der Waals surface area contributed by atoms with Crippen molar-refractivity contribution in [2.75, 3.05) is 50.0 Å². The molecule has 140 valence electrons. The number of ether oxygens (including phenoxy) is 2. The summed E-state index contributed by atoms with van der Waals surface area (Å²) in [5.41, 5.74) is 2.15. The largest absolute Gasteiger partial charge is 0.490 e. The molecule has 0 amide bonds. The molecule has 0 saturated carbocycles. The van der Waals surface area contributed by atoms with Crippen LogP contribution in [0.3, 0.4) is 0 Å². The Hall–Kier alpha value is -2.40. The number of anilines is 2. The molecule has 3 N–H and O–H groups in total. The van der Waals surface area contributed by atoms with E-state index in [1.54, 1.807) is 0 Å². The van der Waals surface area contributed by atoms with Crippen LogP contribution in [0.5, 0.6) is 11.5 Å². The number of rotatable bonds is 0. The summed E-state index contributed by atoms with van der Waals surface area (Å²) < 4.78 is 11.8. The lowest BCUT2D eigenvalue weighted by Gasteiger charge is -2.15. The van der Waals surface area contributed by atoms with Gasteiger partial charge in [-0.2, -0.15) is 0 Å². The van der Waals surface area contributed by atoms with Gasteiger partial charge in [0.05, 0.1) is 11.4 Å². The molecule has 0 aromatic heterocycles. The molecule has 26 heavy (non-hydrogen) atoms. The zero-order valence-electron chi connectivity index (χ0n) is 15.3. The Balaban J connectivity index is 1.56. The highest BCUT2D eigenvalue weighted by Gasteiger charge is 2.04. The zero-order chi connectivity index (χ0) is 17.9. The Morgan fingerprint density at radius 3 is 1.62 bits per heavy atom. The standard InChI is InChI=1S/C21H29N3O2/c1-6-12-23-18-8-2-4-10-20(18)25-16-14-22-15-17-26-21-11-5-3-9-19(21)24-13-7-1/h2-5,8-11,22-24H,1,6-7,12-17H2. The summed E-state index contributed by atoms with van der Waals surface area (Å²) >= 11 is 0. The van der Waals surface area contributed by atoms with Crippen LogP contribution in [0.2, 0.25) is 0 Å². The third kappa shape index (κ3) is 5.85. The van der Waals surface area contributed by atoms with Crippen LogP contribution in [0.1, 0.15) is 19.3 Å². The fourth-order valence-electron chi connectivity index (χ4n) is 2.94. The van der Waals surface area contributed by atoms with E-state index in [9.17, 15) is 0 Å². The Morgan fingerprint density at radius 1 is 0.577 bits per heavy atom. The molecule has 1 aliphatic heterocycles. The van der Waals surface area contributed by atoms with E-state index in [1.165, 1.54) is 6.42 Å². The van der Waals surface area contributed by atoms with Gasteiger partial charge in [0.15, 0.2) is 0 Å². The maximum absolute atomic E-state index is 5.91. The Labute approximate surface area is 156 Å². The summed E-state index contributed by atoms with van der Waals surface area (Å²) in [4.78, 5) is 0. The average Bonchev–Trinajstić information content (AvgIpc) is 2.68. The normalized spacial score (nSPS) is 16.9. The molecular formula is C21H29N3O2. The third-order valence-electron chi connectivity index (χ3n) is 4.33. The van der Waals surface area contributed by atoms with Gasteiger partial charge >= 0.3 is 0 Å². The monoisotopic (exact) mass is 355 g/mol. The molecule has 1 heterocycles. The minimum Gasteiger partial charge on any atom is -0.490 e. The van der Waals surface area contributed by atoms with E-state index in [-0.39, 0.29) is 0 Å². The van der Waals surface area contributed by atoms with E-state index in [0.717, 1.165) is 61.9 Å². The predicted molar refractivity (Wildman–Crippen MR) is 108 cm³/mol. The molecular weight excluding hydrogens is 326 g/mol. The third-order valence-corrected chi connectivity index (χ3v) is 4.33. The molecule has 5 heteroatoms. The molecule has 1 aliphatic rings. The molecule has 3 rings (SSSR count). The van der Waals surface area contributed by atoms with E-state index >= 15 is 0 Å². The zero-order valence-corrected chi connectivity index (χ0v) is 15.3. The topological polar surface area (TPSA) is 54.5 Å². The minimum atomic E-state index is 0.636. The van der Waals surface area contributed by atoms with Gasteiger partial charge in [-0.05, 0) is 43.5 Å². The maximum atomic E-state index is 5.91. The number of para-hydroxylation sites is 4. The molecule has 0 aliphatic carbocycles. The Kier molecular flexibility index (Phi) is 7.47. The maximum Gasteiger partial charge on any atom is 0.142 e. The fraction of sp³-hybridized carbons (Fsp3) is 0.429. The van der Waals surface area contributed by atoms with Crippen LogP contribution in [0.25, 0.3) is 0 Å².